The molecule has 0 heterocycles. The molecule has 1 amide bonds. The molecule has 2 rings (SSSR count). The molecule has 0 radical (unpaired) electrons. The van der Waals surface area contributed by atoms with Crippen LogP contribution in [0.25, 0.3) is 0 Å². The highest BCUT2D eigenvalue weighted by Gasteiger charge is 2.11. The minimum atomic E-state index is -0.308. The Bertz CT molecular complexity index is 609. The van der Waals surface area contributed by atoms with Crippen LogP contribution in [0.2, 0.25) is 0 Å². The number of rotatable bonds is 4. The number of carbonyl (C=O) groups is 1. The van der Waals surface area contributed by atoms with Crippen molar-refractivity contribution in [2.75, 3.05) is 7.05 Å². The SMILES string of the molecule is Cc1ccccc1CN(C)C(=O)Cc1cccc(F)c1. The summed E-state index contributed by atoms with van der Waals surface area (Å²) in [5.41, 5.74) is 2.99. The van der Waals surface area contributed by atoms with Crippen LogP contribution < -0.4 is 0 Å². The summed E-state index contributed by atoms with van der Waals surface area (Å²) in [6.07, 6.45) is 0.222. The minimum Gasteiger partial charge on any atom is -0.341 e. The third-order valence-corrected chi connectivity index (χ3v) is 3.34. The number of nitrogens with zero attached hydrogens (tertiary/aromatic N) is 1. The Hall–Kier alpha value is -2.16. The zero-order valence-corrected chi connectivity index (χ0v) is 11.8. The van der Waals surface area contributed by atoms with E-state index in [4.69, 9.17) is 0 Å². The third kappa shape index (κ3) is 3.67. The topological polar surface area (TPSA) is 20.3 Å². The zero-order chi connectivity index (χ0) is 14.5. The van der Waals surface area contributed by atoms with Crippen LogP contribution >= 0.6 is 0 Å². The lowest BCUT2D eigenvalue weighted by atomic mass is 10.1. The molecule has 0 fully saturated rings. The summed E-state index contributed by atoms with van der Waals surface area (Å²) in [4.78, 5) is 13.8. The molecule has 0 aliphatic rings. The van der Waals surface area contributed by atoms with Crippen LogP contribution in [0.1, 0.15) is 16.7 Å². The molecule has 0 aliphatic heterocycles. The summed E-state index contributed by atoms with van der Waals surface area (Å²) >= 11 is 0. The first-order valence-corrected chi connectivity index (χ1v) is 6.59. The summed E-state index contributed by atoms with van der Waals surface area (Å²) in [5.74, 6) is -0.323. The first kappa shape index (κ1) is 14.3. The lowest BCUT2D eigenvalue weighted by molar-refractivity contribution is -0.129. The van der Waals surface area contributed by atoms with Crippen molar-refractivity contribution in [2.24, 2.45) is 0 Å². The standard InChI is InChI=1S/C17H18FNO/c1-13-6-3-4-8-15(13)12-19(2)17(20)11-14-7-5-9-16(18)10-14/h3-10H,11-12H2,1-2H3. The summed E-state index contributed by atoms with van der Waals surface area (Å²) in [7, 11) is 1.77. The van der Waals surface area contributed by atoms with Crippen molar-refractivity contribution in [3.63, 3.8) is 0 Å². The van der Waals surface area contributed by atoms with E-state index in [-0.39, 0.29) is 18.1 Å². The van der Waals surface area contributed by atoms with Crippen LogP contribution in [-0.4, -0.2) is 17.9 Å². The minimum absolute atomic E-state index is 0.0150. The fourth-order valence-corrected chi connectivity index (χ4v) is 2.09. The molecule has 20 heavy (non-hydrogen) atoms. The van der Waals surface area contributed by atoms with E-state index in [1.165, 1.54) is 12.1 Å². The number of hydrogen-bond acceptors (Lipinski definition) is 1. The van der Waals surface area contributed by atoms with Crippen molar-refractivity contribution in [2.45, 2.75) is 19.9 Å². The summed E-state index contributed by atoms with van der Waals surface area (Å²) in [6.45, 7) is 2.60. The van der Waals surface area contributed by atoms with Gasteiger partial charge in [-0.25, -0.2) is 4.39 Å². The molecular formula is C17H18FNO. The average Bonchev–Trinajstić information content (AvgIpc) is 2.41. The van der Waals surface area contributed by atoms with Gasteiger partial charge in [-0.3, -0.25) is 4.79 Å². The number of amides is 1. The summed E-state index contributed by atoms with van der Waals surface area (Å²) in [6, 6.07) is 14.2. The Morgan fingerprint density at radius 2 is 1.90 bits per heavy atom. The van der Waals surface area contributed by atoms with E-state index in [0.717, 1.165) is 11.1 Å². The molecule has 3 heteroatoms. The van der Waals surface area contributed by atoms with Gasteiger partial charge in [0.2, 0.25) is 5.91 Å². The molecule has 0 aromatic heterocycles. The van der Waals surface area contributed by atoms with Gasteiger partial charge in [0.15, 0.2) is 0 Å². The summed E-state index contributed by atoms with van der Waals surface area (Å²) < 4.78 is 13.1. The highest BCUT2D eigenvalue weighted by atomic mass is 19.1. The second-order valence-corrected chi connectivity index (χ2v) is 4.98. The number of benzene rings is 2. The van der Waals surface area contributed by atoms with Gasteiger partial charge < -0.3 is 4.90 Å². The molecule has 2 aromatic carbocycles. The van der Waals surface area contributed by atoms with Crippen LogP contribution in [0.3, 0.4) is 0 Å². The van der Waals surface area contributed by atoms with E-state index in [1.54, 1.807) is 24.1 Å². The fraction of sp³-hybridized carbons (Fsp3) is 0.235. The maximum absolute atomic E-state index is 13.1. The van der Waals surface area contributed by atoms with Gasteiger partial charge in [0.05, 0.1) is 6.42 Å². The van der Waals surface area contributed by atoms with Crippen molar-refractivity contribution in [1.82, 2.24) is 4.90 Å². The Balaban J connectivity index is 2.01. The predicted octanol–water partition coefficient (Wildman–Crippen LogP) is 3.34. The molecular weight excluding hydrogens is 253 g/mol. The van der Waals surface area contributed by atoms with E-state index in [1.807, 2.05) is 31.2 Å². The van der Waals surface area contributed by atoms with Crippen molar-refractivity contribution in [3.05, 3.63) is 71.0 Å². The molecule has 0 aliphatic carbocycles. The molecule has 2 nitrogen and oxygen atoms in total. The average molecular weight is 271 g/mol. The van der Waals surface area contributed by atoms with E-state index in [2.05, 4.69) is 0 Å². The number of halogens is 1. The lowest BCUT2D eigenvalue weighted by Crippen LogP contribution is -2.28. The van der Waals surface area contributed by atoms with Crippen molar-refractivity contribution >= 4 is 5.91 Å². The maximum atomic E-state index is 13.1. The molecule has 0 unspecified atom stereocenters. The monoisotopic (exact) mass is 271 g/mol. The number of aryl methyl sites for hydroxylation is 1. The van der Waals surface area contributed by atoms with Gasteiger partial charge in [-0.2, -0.15) is 0 Å². The van der Waals surface area contributed by atoms with Crippen LogP contribution in [0, 0.1) is 12.7 Å². The van der Waals surface area contributed by atoms with Crippen molar-refractivity contribution in [1.29, 1.82) is 0 Å². The normalized spacial score (nSPS) is 10.3. The van der Waals surface area contributed by atoms with Gasteiger partial charge in [-0.15, -0.1) is 0 Å². The van der Waals surface area contributed by atoms with Gasteiger partial charge in [0, 0.05) is 13.6 Å². The van der Waals surface area contributed by atoms with Crippen molar-refractivity contribution in [3.8, 4) is 0 Å². The van der Waals surface area contributed by atoms with Crippen LogP contribution in [0.4, 0.5) is 4.39 Å². The van der Waals surface area contributed by atoms with E-state index < -0.39 is 0 Å². The van der Waals surface area contributed by atoms with Crippen molar-refractivity contribution < 1.29 is 9.18 Å². The first-order chi connectivity index (χ1) is 9.56. The van der Waals surface area contributed by atoms with Gasteiger partial charge in [0.1, 0.15) is 5.82 Å². The van der Waals surface area contributed by atoms with E-state index in [0.29, 0.717) is 12.1 Å². The third-order valence-electron chi connectivity index (χ3n) is 3.34. The number of hydrogen-bond donors (Lipinski definition) is 0. The second kappa shape index (κ2) is 6.33. The molecule has 0 saturated carbocycles. The zero-order valence-electron chi connectivity index (χ0n) is 11.8. The maximum Gasteiger partial charge on any atom is 0.227 e. The highest BCUT2D eigenvalue weighted by molar-refractivity contribution is 5.78. The van der Waals surface area contributed by atoms with Crippen LogP contribution in [0.5, 0.6) is 0 Å². The Morgan fingerprint density at radius 3 is 2.60 bits per heavy atom. The Labute approximate surface area is 118 Å². The molecule has 0 saturated heterocycles. The van der Waals surface area contributed by atoms with Gasteiger partial charge in [0.25, 0.3) is 0 Å². The molecule has 2 aromatic rings. The largest absolute Gasteiger partial charge is 0.341 e. The molecule has 104 valence electrons. The predicted molar refractivity (Wildman–Crippen MR) is 77.8 cm³/mol. The van der Waals surface area contributed by atoms with E-state index in [9.17, 15) is 9.18 Å². The smallest absolute Gasteiger partial charge is 0.227 e. The van der Waals surface area contributed by atoms with Crippen LogP contribution in [0.15, 0.2) is 48.5 Å². The highest BCUT2D eigenvalue weighted by Crippen LogP contribution is 2.11. The van der Waals surface area contributed by atoms with E-state index >= 15 is 0 Å². The first-order valence-electron chi connectivity index (χ1n) is 6.59. The second-order valence-electron chi connectivity index (χ2n) is 4.98. The van der Waals surface area contributed by atoms with Gasteiger partial charge in [-0.05, 0) is 35.7 Å². The van der Waals surface area contributed by atoms with Crippen LogP contribution in [-0.2, 0) is 17.8 Å². The number of carbonyl (C=O) groups excluding carboxylic acids is 1. The number of likely N-dealkylation sites (N-methyl/N-ethyl adjacent to an activating group) is 1. The summed E-state index contributed by atoms with van der Waals surface area (Å²) in [5, 5.41) is 0. The molecule has 0 spiro atoms. The lowest BCUT2D eigenvalue weighted by Gasteiger charge is -2.18. The Morgan fingerprint density at radius 1 is 1.15 bits per heavy atom. The molecule has 0 N–H and O–H groups in total. The molecule has 0 atom stereocenters. The quantitative estimate of drug-likeness (QED) is 0.835. The Kier molecular flexibility index (Phi) is 4.51. The fourth-order valence-electron chi connectivity index (χ4n) is 2.09. The molecule has 0 bridgehead atoms. The van der Waals surface area contributed by atoms with Gasteiger partial charge in [-0.1, -0.05) is 36.4 Å². The van der Waals surface area contributed by atoms with Gasteiger partial charge >= 0.3 is 0 Å².